The topological polar surface area (TPSA) is 559 Å². The van der Waals surface area contributed by atoms with Gasteiger partial charge in [0.05, 0.1) is 75.9 Å². The fourth-order valence-electron chi connectivity index (χ4n) is 14.9. The maximum atomic E-state index is 14.0. The van der Waals surface area contributed by atoms with E-state index in [4.69, 9.17) is 37.9 Å². The number of hydrogen-bond acceptors (Lipinski definition) is 29. The molecule has 4 heterocycles. The van der Waals surface area contributed by atoms with E-state index in [1.165, 1.54) is 116 Å². The minimum atomic E-state index is -3.34. The summed E-state index contributed by atoms with van der Waals surface area (Å²) in [6, 6.07) is -5.09. The standard InChI is InChI=1S/C75H137N3O31/c1-5-7-9-11-13-15-17-18-19-20-21-22-23-24-26-28-30-32-34-36-48(85)69(97)77-46(58(90)47(84)35-33-31-29-27-25-16-14-12-10-8-6-2)44-103-70-63(95)61(93)65(53(42-81)104-70)106-71-64(96)62(94)66(54(43-82)105-71)108-75(73(100)101)38-50(87)57(67(109-75)59(91)51(88)40-79)78-55(89)39-74(72(98)99)37-49(86)56(76-45(3)83)68(107-74)60(92)52(41-80)102-4/h46-54,56-68,70-71,79-82,84-88,90-96H,5-44H2,1-4H3,(H,76,83)(H,77,97)(H,78,89)(H,98,99)(H,100,101)/t46-,47+,48+,49-,50-,51+,52+,53+,54+,56+,57+,58-,59+,60+,61+,62+,63+,64+,65+,66-,67+,68+,70+,71-,74-,75+/m0/s1. The molecule has 0 aromatic heterocycles. The molecule has 34 heteroatoms. The van der Waals surface area contributed by atoms with E-state index in [1.807, 2.05) is 0 Å². The van der Waals surface area contributed by atoms with Gasteiger partial charge in [-0.15, -0.1) is 0 Å². The Labute approximate surface area is 640 Å². The number of ether oxygens (including phenoxy) is 8. The molecule has 4 rings (SSSR count). The third kappa shape index (κ3) is 31.2. The molecule has 21 N–H and O–H groups in total. The van der Waals surface area contributed by atoms with Crippen molar-refractivity contribution in [3.05, 3.63) is 0 Å². The van der Waals surface area contributed by atoms with E-state index < -0.39 is 240 Å². The second kappa shape index (κ2) is 52.1. The zero-order valence-electron chi connectivity index (χ0n) is 64.5. The van der Waals surface area contributed by atoms with E-state index >= 15 is 0 Å². The number of aliphatic hydroxyl groups excluding tert-OH is 16. The third-order valence-electron chi connectivity index (χ3n) is 21.5. The van der Waals surface area contributed by atoms with E-state index in [1.54, 1.807) is 0 Å². The zero-order chi connectivity index (χ0) is 80.8. The molecule has 0 saturated carbocycles. The summed E-state index contributed by atoms with van der Waals surface area (Å²) in [7, 11) is 1.07. The van der Waals surface area contributed by atoms with Gasteiger partial charge in [-0.25, -0.2) is 9.59 Å². The second-order valence-corrected chi connectivity index (χ2v) is 30.3. The molecule has 0 spiro atoms. The minimum absolute atomic E-state index is 0.0997. The van der Waals surface area contributed by atoms with Crippen molar-refractivity contribution >= 4 is 29.7 Å². The van der Waals surface area contributed by atoms with Crippen LogP contribution in [0.15, 0.2) is 0 Å². The highest BCUT2D eigenvalue weighted by Crippen LogP contribution is 2.40. The van der Waals surface area contributed by atoms with Crippen molar-refractivity contribution in [2.75, 3.05) is 40.1 Å². The fraction of sp³-hybridized carbons (Fsp3) is 0.933. The van der Waals surface area contributed by atoms with E-state index in [0.29, 0.717) is 12.8 Å². The van der Waals surface area contributed by atoms with E-state index in [2.05, 4.69) is 29.8 Å². The van der Waals surface area contributed by atoms with Crippen LogP contribution in [-0.2, 0) is 61.9 Å². The van der Waals surface area contributed by atoms with E-state index in [9.17, 15) is 116 Å². The van der Waals surface area contributed by atoms with Gasteiger partial charge < -0.3 is 146 Å². The van der Waals surface area contributed by atoms with Crippen LogP contribution in [0.1, 0.15) is 245 Å². The first-order valence-electron chi connectivity index (χ1n) is 40.1. The van der Waals surface area contributed by atoms with E-state index in [0.717, 1.165) is 78.2 Å². The van der Waals surface area contributed by atoms with Crippen LogP contribution in [0, 0.1) is 0 Å². The maximum absolute atomic E-state index is 14.0. The Hall–Kier alpha value is -3.61. The summed E-state index contributed by atoms with van der Waals surface area (Å²) in [5.41, 5.74) is -2.80. The lowest BCUT2D eigenvalue weighted by Gasteiger charge is -2.51. The molecule has 0 radical (unpaired) electrons. The Bertz CT molecular complexity index is 2520. The average Bonchev–Trinajstić information content (AvgIpc) is 0.757. The number of hydrogen-bond donors (Lipinski definition) is 21. The molecular weight excluding hydrogens is 1440 g/mol. The van der Waals surface area contributed by atoms with E-state index in [-0.39, 0.29) is 12.8 Å². The second-order valence-electron chi connectivity index (χ2n) is 30.3. The summed E-state index contributed by atoms with van der Waals surface area (Å²) in [5, 5.41) is 206. The van der Waals surface area contributed by atoms with Crippen LogP contribution in [-0.4, -0.2) is 320 Å². The number of aliphatic carboxylic acids is 2. The molecule has 4 saturated heterocycles. The molecule has 4 aliphatic rings. The van der Waals surface area contributed by atoms with Gasteiger partial charge in [0.25, 0.3) is 5.79 Å². The first-order chi connectivity index (χ1) is 52.1. The number of carboxylic acid groups (broad SMARTS) is 2. The average molecular weight is 1580 g/mol. The van der Waals surface area contributed by atoms with Crippen LogP contribution in [0.4, 0.5) is 0 Å². The van der Waals surface area contributed by atoms with Crippen LogP contribution in [0.5, 0.6) is 0 Å². The number of aliphatic hydroxyl groups is 16. The van der Waals surface area contributed by atoms with Crippen molar-refractivity contribution in [3.8, 4) is 0 Å². The van der Waals surface area contributed by atoms with Gasteiger partial charge in [-0.05, 0) is 12.8 Å². The van der Waals surface area contributed by atoms with Crippen molar-refractivity contribution in [1.82, 2.24) is 16.0 Å². The number of amides is 3. The Morgan fingerprint density at radius 1 is 0.505 bits per heavy atom. The third-order valence-corrected chi connectivity index (χ3v) is 21.5. The Morgan fingerprint density at radius 2 is 0.945 bits per heavy atom. The van der Waals surface area contributed by atoms with Crippen molar-refractivity contribution in [1.29, 1.82) is 0 Å². The van der Waals surface area contributed by atoms with Gasteiger partial charge in [-0.3, -0.25) is 14.4 Å². The summed E-state index contributed by atoms with van der Waals surface area (Å²) >= 11 is 0. The lowest BCUT2D eigenvalue weighted by molar-refractivity contribution is -0.385. The van der Waals surface area contributed by atoms with Crippen molar-refractivity contribution in [2.45, 2.75) is 404 Å². The van der Waals surface area contributed by atoms with Crippen LogP contribution in [0.3, 0.4) is 0 Å². The highest BCUT2D eigenvalue weighted by molar-refractivity contribution is 5.87. The molecule has 0 aromatic rings. The van der Waals surface area contributed by atoms with Crippen LogP contribution < -0.4 is 16.0 Å². The monoisotopic (exact) mass is 1580 g/mol. The smallest absolute Gasteiger partial charge is 0.364 e. The van der Waals surface area contributed by atoms with Gasteiger partial charge >= 0.3 is 11.9 Å². The molecule has 0 aliphatic carbocycles. The molecule has 638 valence electrons. The van der Waals surface area contributed by atoms with Gasteiger partial charge in [0.1, 0.15) is 97.7 Å². The SMILES string of the molecule is CCCCCCCCCCCCCCCCCCCCC[C@@H](O)C(=O)N[C@@H](CO[C@@H]1O[C@H](CO)[C@@H](O[C@@H]2O[C@H](CO)[C@H](O[C@]3(C(=O)O)C[C@H](O)[C@@H](NC(=O)C[C@]4(C(=O)O)C[C@H](O)[C@@H](NC(C)=O)[C@H]([C@H](O)[C@@H](CO)OC)O4)[C@H]([C@H](O)[C@H](O)CO)O3)[C@H](O)[C@H]2O)[C@H](O)[C@H]1O)[C@H](O)[C@H](O)CCCCCCCCCCCCC. The number of unbranched alkanes of at least 4 members (excludes halogenated alkanes) is 28. The van der Waals surface area contributed by atoms with Crippen molar-refractivity contribution < 1.29 is 154 Å². The molecule has 4 fully saturated rings. The molecule has 34 nitrogen and oxygen atoms in total. The Kier molecular flexibility index (Phi) is 46.7. The number of carbonyl (C=O) groups is 5. The Balaban J connectivity index is 1.42. The van der Waals surface area contributed by atoms with Crippen LogP contribution in [0.2, 0.25) is 0 Å². The number of rotatable bonds is 58. The number of carboxylic acids is 2. The lowest BCUT2D eigenvalue weighted by Crippen LogP contribution is -2.71. The van der Waals surface area contributed by atoms with Crippen LogP contribution >= 0.6 is 0 Å². The van der Waals surface area contributed by atoms with Gasteiger partial charge in [0.15, 0.2) is 18.2 Å². The van der Waals surface area contributed by atoms with Gasteiger partial charge in [-0.2, -0.15) is 0 Å². The highest BCUT2D eigenvalue weighted by atomic mass is 16.8. The summed E-state index contributed by atoms with van der Waals surface area (Å²) < 4.78 is 45.7. The number of carbonyl (C=O) groups excluding carboxylic acids is 3. The molecule has 0 bridgehead atoms. The normalized spacial score (nSPS) is 31.0. The first kappa shape index (κ1) is 97.8. The fourth-order valence-corrected chi connectivity index (χ4v) is 14.9. The summed E-state index contributed by atoms with van der Waals surface area (Å²) in [6.07, 6.45) is -11.9. The zero-order valence-corrected chi connectivity index (χ0v) is 64.5. The van der Waals surface area contributed by atoms with Gasteiger partial charge in [-0.1, -0.05) is 206 Å². The Morgan fingerprint density at radius 3 is 1.40 bits per heavy atom. The molecule has 4 aliphatic heterocycles. The van der Waals surface area contributed by atoms with Crippen molar-refractivity contribution in [3.63, 3.8) is 0 Å². The largest absolute Gasteiger partial charge is 0.479 e. The first-order valence-corrected chi connectivity index (χ1v) is 40.1. The molecule has 3 amide bonds. The van der Waals surface area contributed by atoms with Crippen molar-refractivity contribution in [2.24, 2.45) is 0 Å². The van der Waals surface area contributed by atoms with Gasteiger partial charge in [0, 0.05) is 26.9 Å². The predicted molar refractivity (Wildman–Crippen MR) is 389 cm³/mol. The summed E-state index contributed by atoms with van der Waals surface area (Å²) in [4.78, 5) is 66.3. The van der Waals surface area contributed by atoms with Crippen LogP contribution in [0.25, 0.3) is 0 Å². The lowest BCUT2D eigenvalue weighted by atomic mass is 9.81. The molecule has 0 unspecified atom stereocenters. The quantitative estimate of drug-likeness (QED) is 0.0359. The minimum Gasteiger partial charge on any atom is -0.479 e. The predicted octanol–water partition coefficient (Wildman–Crippen LogP) is 0.108. The summed E-state index contributed by atoms with van der Waals surface area (Å²) in [5.74, 6) is -10.5. The number of methoxy groups -OCH3 is 1. The molecule has 26 atom stereocenters. The molecule has 0 aromatic carbocycles. The van der Waals surface area contributed by atoms with Gasteiger partial charge in [0.2, 0.25) is 17.7 Å². The highest BCUT2D eigenvalue weighted by Gasteiger charge is 2.62. The summed E-state index contributed by atoms with van der Waals surface area (Å²) in [6.45, 7) is 0.332. The molecular formula is C75H137N3O31. The molecule has 109 heavy (non-hydrogen) atoms. The number of nitrogens with one attached hydrogen (secondary N) is 3. The maximum Gasteiger partial charge on any atom is 0.364 e.